The Bertz CT molecular complexity index is 525. The number of hydrogen-bond donors (Lipinski definition) is 2. The summed E-state index contributed by atoms with van der Waals surface area (Å²) in [5.41, 5.74) is 2.22. The van der Waals surface area contributed by atoms with E-state index in [9.17, 15) is 8.42 Å². The zero-order valence-corrected chi connectivity index (χ0v) is 13.7. The number of hydrogen-bond acceptors (Lipinski definition) is 3. The Labute approximate surface area is 123 Å². The van der Waals surface area contributed by atoms with Crippen LogP contribution in [0.5, 0.6) is 0 Å². The minimum absolute atomic E-state index is 0.351. The average molecular weight is 298 g/mol. The van der Waals surface area contributed by atoms with E-state index in [1.165, 1.54) is 5.56 Å². The molecule has 4 nitrogen and oxygen atoms in total. The second-order valence-electron chi connectivity index (χ2n) is 5.39. The summed E-state index contributed by atoms with van der Waals surface area (Å²) in [6.45, 7) is 7.39. The monoisotopic (exact) mass is 298 g/mol. The molecule has 0 aliphatic heterocycles. The van der Waals surface area contributed by atoms with Gasteiger partial charge in [0.05, 0.1) is 4.90 Å². The van der Waals surface area contributed by atoms with Gasteiger partial charge in [0.2, 0.25) is 10.0 Å². The lowest BCUT2D eigenvalue weighted by molar-refractivity contribution is 0.551. The predicted molar refractivity (Wildman–Crippen MR) is 83.2 cm³/mol. The van der Waals surface area contributed by atoms with Crippen LogP contribution in [0.3, 0.4) is 0 Å². The van der Waals surface area contributed by atoms with Gasteiger partial charge in [-0.25, -0.2) is 13.1 Å². The Kier molecular flexibility index (Phi) is 6.65. The number of aryl methyl sites for hydroxylation is 1. The van der Waals surface area contributed by atoms with Crippen molar-refractivity contribution in [3.05, 3.63) is 29.3 Å². The third-order valence-corrected chi connectivity index (χ3v) is 4.71. The highest BCUT2D eigenvalue weighted by Crippen LogP contribution is 2.17. The first-order valence-electron chi connectivity index (χ1n) is 7.16. The first-order chi connectivity index (χ1) is 9.40. The minimum Gasteiger partial charge on any atom is -0.316 e. The third-order valence-electron chi connectivity index (χ3n) is 3.25. The summed E-state index contributed by atoms with van der Waals surface area (Å²) < 4.78 is 27.1. The third kappa shape index (κ3) is 4.89. The summed E-state index contributed by atoms with van der Waals surface area (Å²) in [7, 11) is -1.54. The topological polar surface area (TPSA) is 58.2 Å². The Morgan fingerprint density at radius 1 is 1.20 bits per heavy atom. The lowest BCUT2D eigenvalue weighted by Crippen LogP contribution is -2.26. The molecular formula is C15H26N2O2S. The first-order valence-corrected chi connectivity index (χ1v) is 8.65. The molecule has 0 amide bonds. The molecule has 5 heteroatoms. The van der Waals surface area contributed by atoms with Crippen LogP contribution in [-0.4, -0.2) is 22.0 Å². The van der Waals surface area contributed by atoms with Crippen molar-refractivity contribution in [3.63, 3.8) is 0 Å². The molecule has 0 aromatic heterocycles. The highest BCUT2D eigenvalue weighted by molar-refractivity contribution is 7.89. The van der Waals surface area contributed by atoms with Crippen LogP contribution < -0.4 is 10.0 Å². The summed E-state index contributed by atoms with van der Waals surface area (Å²) in [5.74, 6) is 0.486. The fraction of sp³-hybridized carbons (Fsp3) is 0.600. The van der Waals surface area contributed by atoms with Crippen LogP contribution in [0.1, 0.15) is 38.3 Å². The highest BCUT2D eigenvalue weighted by Gasteiger charge is 2.15. The average Bonchev–Trinajstić information content (AvgIpc) is 2.38. The van der Waals surface area contributed by atoms with Gasteiger partial charge in [-0.1, -0.05) is 26.8 Å². The van der Waals surface area contributed by atoms with E-state index in [0.717, 1.165) is 18.4 Å². The first kappa shape index (κ1) is 17.1. The van der Waals surface area contributed by atoms with Gasteiger partial charge in [-0.15, -0.1) is 0 Å². The van der Waals surface area contributed by atoms with Gasteiger partial charge in [0.25, 0.3) is 0 Å². The van der Waals surface area contributed by atoms with Gasteiger partial charge in [0, 0.05) is 13.1 Å². The van der Waals surface area contributed by atoms with Crippen molar-refractivity contribution < 1.29 is 8.42 Å². The van der Waals surface area contributed by atoms with E-state index in [0.29, 0.717) is 23.9 Å². The van der Waals surface area contributed by atoms with Gasteiger partial charge >= 0.3 is 0 Å². The zero-order chi connectivity index (χ0) is 15.2. The van der Waals surface area contributed by atoms with Gasteiger partial charge in [-0.3, -0.25) is 0 Å². The largest absolute Gasteiger partial charge is 0.316 e. The molecule has 2 N–H and O–H groups in total. The van der Waals surface area contributed by atoms with Gasteiger partial charge in [-0.05, 0) is 49.1 Å². The molecule has 0 aliphatic rings. The molecule has 0 heterocycles. The zero-order valence-electron chi connectivity index (χ0n) is 12.9. The summed E-state index contributed by atoms with van der Waals surface area (Å²) in [6.07, 6.45) is 1.74. The van der Waals surface area contributed by atoms with Crippen LogP contribution >= 0.6 is 0 Å². The van der Waals surface area contributed by atoms with Crippen molar-refractivity contribution in [2.75, 3.05) is 13.6 Å². The lowest BCUT2D eigenvalue weighted by atomic mass is 10.1. The fourth-order valence-electron chi connectivity index (χ4n) is 2.03. The molecule has 0 saturated carbocycles. The molecule has 1 rings (SSSR count). The molecule has 0 fully saturated rings. The molecular weight excluding hydrogens is 272 g/mol. The molecule has 0 radical (unpaired) electrons. The quantitative estimate of drug-likeness (QED) is 0.774. The molecule has 114 valence electrons. The predicted octanol–water partition coefficient (Wildman–Crippen LogP) is 2.29. The summed E-state index contributed by atoms with van der Waals surface area (Å²) >= 11 is 0. The second kappa shape index (κ2) is 7.76. The van der Waals surface area contributed by atoms with E-state index in [4.69, 9.17) is 0 Å². The minimum atomic E-state index is -3.40. The van der Waals surface area contributed by atoms with E-state index >= 15 is 0 Å². The SMILES string of the molecule is CCc1ccc(S(=O)(=O)NCCC(C)C)cc1CNC. The summed E-state index contributed by atoms with van der Waals surface area (Å²) in [4.78, 5) is 0.351. The van der Waals surface area contributed by atoms with Crippen LogP contribution in [0.25, 0.3) is 0 Å². The number of nitrogens with one attached hydrogen (secondary N) is 2. The van der Waals surface area contributed by atoms with Crippen molar-refractivity contribution in [2.45, 2.75) is 45.1 Å². The Morgan fingerprint density at radius 3 is 2.45 bits per heavy atom. The normalized spacial score (nSPS) is 12.1. The van der Waals surface area contributed by atoms with E-state index in [1.807, 2.05) is 13.1 Å². The maximum Gasteiger partial charge on any atom is 0.240 e. The molecule has 0 saturated heterocycles. The number of benzene rings is 1. The molecule has 0 spiro atoms. The van der Waals surface area contributed by atoms with Gasteiger partial charge in [0.1, 0.15) is 0 Å². The van der Waals surface area contributed by atoms with Crippen molar-refractivity contribution in [3.8, 4) is 0 Å². The second-order valence-corrected chi connectivity index (χ2v) is 7.16. The molecule has 0 bridgehead atoms. The molecule has 0 atom stereocenters. The summed E-state index contributed by atoms with van der Waals surface area (Å²) in [6, 6.07) is 5.37. The van der Waals surface area contributed by atoms with E-state index < -0.39 is 10.0 Å². The molecule has 0 aliphatic carbocycles. The molecule has 20 heavy (non-hydrogen) atoms. The summed E-state index contributed by atoms with van der Waals surface area (Å²) in [5, 5.41) is 3.08. The van der Waals surface area contributed by atoms with Gasteiger partial charge in [0.15, 0.2) is 0 Å². The van der Waals surface area contributed by atoms with Gasteiger partial charge in [-0.2, -0.15) is 0 Å². The lowest BCUT2D eigenvalue weighted by Gasteiger charge is -2.12. The van der Waals surface area contributed by atoms with Crippen molar-refractivity contribution in [1.82, 2.24) is 10.0 Å². The van der Waals surface area contributed by atoms with Crippen LogP contribution in [0.2, 0.25) is 0 Å². The highest BCUT2D eigenvalue weighted by atomic mass is 32.2. The van der Waals surface area contributed by atoms with E-state index in [-0.39, 0.29) is 0 Å². The van der Waals surface area contributed by atoms with Crippen molar-refractivity contribution in [2.24, 2.45) is 5.92 Å². The van der Waals surface area contributed by atoms with Gasteiger partial charge < -0.3 is 5.32 Å². The maximum atomic E-state index is 12.2. The smallest absolute Gasteiger partial charge is 0.240 e. The Morgan fingerprint density at radius 2 is 1.90 bits per heavy atom. The van der Waals surface area contributed by atoms with E-state index in [1.54, 1.807) is 12.1 Å². The molecule has 0 unspecified atom stereocenters. The van der Waals surface area contributed by atoms with Crippen LogP contribution in [-0.2, 0) is 23.0 Å². The van der Waals surface area contributed by atoms with Crippen LogP contribution in [0.15, 0.2) is 23.1 Å². The van der Waals surface area contributed by atoms with E-state index in [2.05, 4.69) is 30.8 Å². The van der Waals surface area contributed by atoms with Crippen LogP contribution in [0.4, 0.5) is 0 Å². The maximum absolute atomic E-state index is 12.2. The molecule has 1 aromatic rings. The van der Waals surface area contributed by atoms with Crippen LogP contribution in [0, 0.1) is 5.92 Å². The fourth-order valence-corrected chi connectivity index (χ4v) is 3.13. The van der Waals surface area contributed by atoms with Crippen molar-refractivity contribution >= 4 is 10.0 Å². The van der Waals surface area contributed by atoms with Crippen molar-refractivity contribution in [1.29, 1.82) is 0 Å². The Balaban J connectivity index is 2.91. The number of rotatable bonds is 8. The number of sulfonamides is 1. The Hall–Kier alpha value is -0.910. The standard InChI is InChI=1S/C15H26N2O2S/c1-5-13-6-7-15(10-14(13)11-16-4)20(18,19)17-9-8-12(2)3/h6-7,10,12,16-17H,5,8-9,11H2,1-4H3. The molecule has 1 aromatic carbocycles.